The van der Waals surface area contributed by atoms with E-state index in [0.29, 0.717) is 12.4 Å². The van der Waals surface area contributed by atoms with Gasteiger partial charge in [-0.1, -0.05) is 30.3 Å². The van der Waals surface area contributed by atoms with Crippen molar-refractivity contribution in [3.63, 3.8) is 0 Å². The predicted octanol–water partition coefficient (Wildman–Crippen LogP) is 3.54. The minimum absolute atomic E-state index is 0.0578. The molecule has 29 heavy (non-hydrogen) atoms. The van der Waals surface area contributed by atoms with Crippen LogP contribution in [0, 0.1) is 0 Å². The Morgan fingerprint density at radius 1 is 1.14 bits per heavy atom. The van der Waals surface area contributed by atoms with Crippen LogP contribution in [0.5, 0.6) is 5.75 Å². The molecule has 0 bridgehead atoms. The minimum Gasteiger partial charge on any atom is -0.497 e. The Labute approximate surface area is 170 Å². The lowest BCUT2D eigenvalue weighted by atomic mass is 10.0. The SMILES string of the molecule is CCOC(=O)CC(NC(=O)Cc1cn(C)c2ccccc12)c1cccc(OC)c1. The molecule has 152 valence electrons. The zero-order chi connectivity index (χ0) is 20.8. The van der Waals surface area contributed by atoms with Crippen LogP contribution in [-0.2, 0) is 27.8 Å². The van der Waals surface area contributed by atoms with Crippen LogP contribution in [0.15, 0.2) is 54.7 Å². The number of carbonyl (C=O) groups is 2. The summed E-state index contributed by atoms with van der Waals surface area (Å²) in [5.74, 6) is 0.156. The first-order valence-corrected chi connectivity index (χ1v) is 9.63. The van der Waals surface area contributed by atoms with E-state index < -0.39 is 6.04 Å². The van der Waals surface area contributed by atoms with Gasteiger partial charge >= 0.3 is 5.97 Å². The Hall–Kier alpha value is -3.28. The van der Waals surface area contributed by atoms with Crippen molar-refractivity contribution in [2.24, 2.45) is 7.05 Å². The van der Waals surface area contributed by atoms with E-state index in [1.165, 1.54) is 0 Å². The van der Waals surface area contributed by atoms with Crippen molar-refractivity contribution < 1.29 is 19.1 Å². The number of para-hydroxylation sites is 1. The topological polar surface area (TPSA) is 69.6 Å². The van der Waals surface area contributed by atoms with Gasteiger partial charge in [0.2, 0.25) is 5.91 Å². The van der Waals surface area contributed by atoms with E-state index in [2.05, 4.69) is 5.32 Å². The fourth-order valence-corrected chi connectivity index (χ4v) is 3.48. The zero-order valence-corrected chi connectivity index (χ0v) is 17.0. The number of hydrogen-bond acceptors (Lipinski definition) is 4. The van der Waals surface area contributed by atoms with Gasteiger partial charge in [0.15, 0.2) is 0 Å². The third-order valence-electron chi connectivity index (χ3n) is 4.84. The summed E-state index contributed by atoms with van der Waals surface area (Å²) in [7, 11) is 3.54. The predicted molar refractivity (Wildman–Crippen MR) is 112 cm³/mol. The first-order valence-electron chi connectivity index (χ1n) is 9.63. The quantitative estimate of drug-likeness (QED) is 0.594. The van der Waals surface area contributed by atoms with Gasteiger partial charge in [0, 0.05) is 24.1 Å². The van der Waals surface area contributed by atoms with Crippen molar-refractivity contribution in [3.8, 4) is 5.75 Å². The Morgan fingerprint density at radius 2 is 1.93 bits per heavy atom. The number of rotatable bonds is 8. The lowest BCUT2D eigenvalue weighted by Crippen LogP contribution is -2.31. The van der Waals surface area contributed by atoms with Crippen molar-refractivity contribution in [1.29, 1.82) is 0 Å². The van der Waals surface area contributed by atoms with Crippen molar-refractivity contribution in [2.75, 3.05) is 13.7 Å². The second kappa shape index (κ2) is 9.28. The van der Waals surface area contributed by atoms with E-state index in [1.807, 2.05) is 66.3 Å². The molecular weight excluding hydrogens is 368 g/mol. The highest BCUT2D eigenvalue weighted by Crippen LogP contribution is 2.24. The summed E-state index contributed by atoms with van der Waals surface area (Å²) in [6.45, 7) is 2.06. The van der Waals surface area contributed by atoms with Gasteiger partial charge in [0.1, 0.15) is 5.75 Å². The molecule has 1 aromatic heterocycles. The molecule has 3 aromatic rings. The van der Waals surface area contributed by atoms with Gasteiger partial charge in [0.05, 0.1) is 32.6 Å². The Bertz CT molecular complexity index is 1010. The molecule has 1 heterocycles. The summed E-state index contributed by atoms with van der Waals surface area (Å²) in [6.07, 6.45) is 2.25. The third-order valence-corrected chi connectivity index (χ3v) is 4.84. The number of benzene rings is 2. The second-order valence-electron chi connectivity index (χ2n) is 6.87. The molecule has 1 amide bonds. The fourth-order valence-electron chi connectivity index (χ4n) is 3.48. The number of esters is 1. The van der Waals surface area contributed by atoms with Gasteiger partial charge < -0.3 is 19.4 Å². The molecule has 1 atom stereocenters. The maximum atomic E-state index is 12.8. The van der Waals surface area contributed by atoms with Gasteiger partial charge in [-0.2, -0.15) is 0 Å². The lowest BCUT2D eigenvalue weighted by molar-refractivity contribution is -0.143. The molecule has 2 aromatic carbocycles. The van der Waals surface area contributed by atoms with Crippen molar-refractivity contribution in [2.45, 2.75) is 25.8 Å². The van der Waals surface area contributed by atoms with E-state index in [4.69, 9.17) is 9.47 Å². The average molecular weight is 394 g/mol. The number of nitrogens with one attached hydrogen (secondary N) is 1. The summed E-state index contributed by atoms with van der Waals surface area (Å²) in [5, 5.41) is 4.04. The number of aromatic nitrogens is 1. The number of aryl methyl sites for hydroxylation is 1. The smallest absolute Gasteiger partial charge is 0.308 e. The van der Waals surface area contributed by atoms with Crippen LogP contribution in [0.4, 0.5) is 0 Å². The van der Waals surface area contributed by atoms with Crippen LogP contribution >= 0.6 is 0 Å². The number of fused-ring (bicyclic) bond motifs is 1. The van der Waals surface area contributed by atoms with Gasteiger partial charge in [0.25, 0.3) is 0 Å². The van der Waals surface area contributed by atoms with E-state index >= 15 is 0 Å². The van der Waals surface area contributed by atoms with Gasteiger partial charge in [-0.05, 0) is 36.2 Å². The maximum absolute atomic E-state index is 12.8. The van der Waals surface area contributed by atoms with Crippen LogP contribution in [0.1, 0.15) is 30.5 Å². The van der Waals surface area contributed by atoms with E-state index in [-0.39, 0.29) is 24.7 Å². The van der Waals surface area contributed by atoms with Gasteiger partial charge in [-0.3, -0.25) is 9.59 Å². The largest absolute Gasteiger partial charge is 0.497 e. The molecule has 0 fully saturated rings. The number of amides is 1. The number of carbonyl (C=O) groups excluding carboxylic acids is 2. The molecule has 0 radical (unpaired) electrons. The maximum Gasteiger partial charge on any atom is 0.308 e. The molecule has 0 saturated heterocycles. The number of nitrogens with zero attached hydrogens (tertiary/aromatic N) is 1. The molecule has 6 heteroatoms. The zero-order valence-electron chi connectivity index (χ0n) is 17.0. The highest BCUT2D eigenvalue weighted by Gasteiger charge is 2.21. The summed E-state index contributed by atoms with van der Waals surface area (Å²) in [5.41, 5.74) is 2.82. The van der Waals surface area contributed by atoms with Crippen molar-refractivity contribution >= 4 is 22.8 Å². The fraction of sp³-hybridized carbons (Fsp3) is 0.304. The van der Waals surface area contributed by atoms with Gasteiger partial charge in [-0.15, -0.1) is 0 Å². The standard InChI is InChI=1S/C23H26N2O4/c1-4-29-23(27)14-20(16-8-7-9-18(12-16)28-3)24-22(26)13-17-15-25(2)21-11-6-5-10-19(17)21/h5-12,15,20H,4,13-14H2,1-3H3,(H,24,26). The first-order chi connectivity index (χ1) is 14.0. The third kappa shape index (κ3) is 4.96. The van der Waals surface area contributed by atoms with Crippen LogP contribution in [-0.4, -0.2) is 30.2 Å². The van der Waals surface area contributed by atoms with Gasteiger partial charge in [-0.25, -0.2) is 0 Å². The number of methoxy groups -OCH3 is 1. The van der Waals surface area contributed by atoms with E-state index in [1.54, 1.807) is 14.0 Å². The molecule has 0 spiro atoms. The molecule has 3 rings (SSSR count). The monoisotopic (exact) mass is 394 g/mol. The highest BCUT2D eigenvalue weighted by atomic mass is 16.5. The summed E-state index contributed by atoms with van der Waals surface area (Å²) >= 11 is 0. The minimum atomic E-state index is -0.494. The first kappa shape index (κ1) is 20.5. The molecular formula is C23H26N2O4. The number of hydrogen-bond donors (Lipinski definition) is 1. The van der Waals surface area contributed by atoms with Crippen LogP contribution in [0.2, 0.25) is 0 Å². The normalized spacial score (nSPS) is 11.8. The molecule has 0 aliphatic carbocycles. The van der Waals surface area contributed by atoms with Crippen LogP contribution in [0.3, 0.4) is 0 Å². The van der Waals surface area contributed by atoms with E-state index in [0.717, 1.165) is 22.0 Å². The van der Waals surface area contributed by atoms with Crippen LogP contribution in [0.25, 0.3) is 10.9 Å². The second-order valence-corrected chi connectivity index (χ2v) is 6.87. The molecule has 0 aliphatic heterocycles. The van der Waals surface area contributed by atoms with Crippen molar-refractivity contribution in [3.05, 3.63) is 65.9 Å². The van der Waals surface area contributed by atoms with Crippen molar-refractivity contribution in [1.82, 2.24) is 9.88 Å². The number of ether oxygens (including phenoxy) is 2. The Balaban J connectivity index is 1.80. The molecule has 6 nitrogen and oxygen atoms in total. The molecule has 1 N–H and O–H groups in total. The summed E-state index contributed by atoms with van der Waals surface area (Å²) in [6, 6.07) is 14.8. The Kier molecular flexibility index (Phi) is 6.54. The van der Waals surface area contributed by atoms with Crippen LogP contribution < -0.4 is 10.1 Å². The summed E-state index contributed by atoms with van der Waals surface area (Å²) < 4.78 is 12.4. The Morgan fingerprint density at radius 3 is 2.69 bits per heavy atom. The molecule has 1 unspecified atom stereocenters. The molecule has 0 aliphatic rings. The lowest BCUT2D eigenvalue weighted by Gasteiger charge is -2.19. The molecule has 0 saturated carbocycles. The summed E-state index contributed by atoms with van der Waals surface area (Å²) in [4.78, 5) is 24.9. The van der Waals surface area contributed by atoms with E-state index in [9.17, 15) is 9.59 Å². The average Bonchev–Trinajstić information content (AvgIpc) is 3.03. The highest BCUT2D eigenvalue weighted by molar-refractivity contribution is 5.89.